The molecule has 0 bridgehead atoms. The first-order valence-corrected chi connectivity index (χ1v) is 8.80. The standard InChI is InChI=1S/C17H18N4O3S/c1-10(22)11-2-4-13(5-3-11)20-17(24)18-8-15-21-14(9-25-15)16(23)19-12-6-7-12/h2-5,9,12H,6-8H2,1H3,(H,19,23)(H2,18,20,24). The molecule has 0 radical (unpaired) electrons. The topological polar surface area (TPSA) is 100 Å². The summed E-state index contributed by atoms with van der Waals surface area (Å²) >= 11 is 1.33. The number of rotatable bonds is 6. The molecule has 2 aromatic rings. The zero-order valence-electron chi connectivity index (χ0n) is 13.7. The number of nitrogens with one attached hydrogen (secondary N) is 3. The molecule has 1 fully saturated rings. The average Bonchev–Trinajstić information content (AvgIpc) is 3.27. The number of carbonyl (C=O) groups is 3. The lowest BCUT2D eigenvalue weighted by atomic mass is 10.1. The highest BCUT2D eigenvalue weighted by Crippen LogP contribution is 2.19. The minimum atomic E-state index is -0.380. The molecule has 1 saturated carbocycles. The number of anilines is 1. The van der Waals surface area contributed by atoms with Gasteiger partial charge in [-0.2, -0.15) is 0 Å². The number of amides is 3. The van der Waals surface area contributed by atoms with Crippen LogP contribution in [0.25, 0.3) is 0 Å². The molecule has 0 aliphatic heterocycles. The van der Waals surface area contributed by atoms with Gasteiger partial charge in [0.1, 0.15) is 10.7 Å². The zero-order valence-corrected chi connectivity index (χ0v) is 14.5. The van der Waals surface area contributed by atoms with Crippen LogP contribution in [0, 0.1) is 0 Å². The molecule has 0 atom stereocenters. The number of Topliss-reactive ketones (excluding diaryl/α,β-unsaturated/α-hetero) is 1. The van der Waals surface area contributed by atoms with Crippen molar-refractivity contribution in [2.45, 2.75) is 32.4 Å². The summed E-state index contributed by atoms with van der Waals surface area (Å²) in [6.45, 7) is 1.72. The summed E-state index contributed by atoms with van der Waals surface area (Å²) in [4.78, 5) is 39.2. The van der Waals surface area contributed by atoms with E-state index in [9.17, 15) is 14.4 Å². The first-order valence-electron chi connectivity index (χ1n) is 7.92. The van der Waals surface area contributed by atoms with E-state index in [0.29, 0.717) is 22.0 Å². The second-order valence-electron chi connectivity index (χ2n) is 5.82. The first kappa shape index (κ1) is 17.1. The maximum atomic E-state index is 11.9. The van der Waals surface area contributed by atoms with Crippen LogP contribution in [0.4, 0.5) is 10.5 Å². The van der Waals surface area contributed by atoms with Gasteiger partial charge in [-0.3, -0.25) is 9.59 Å². The van der Waals surface area contributed by atoms with E-state index in [4.69, 9.17) is 0 Å². The molecule has 8 heteroatoms. The Labute approximate surface area is 148 Å². The van der Waals surface area contributed by atoms with Gasteiger partial charge < -0.3 is 16.0 Å². The summed E-state index contributed by atoms with van der Waals surface area (Å²) in [7, 11) is 0. The molecule has 3 amide bonds. The maximum Gasteiger partial charge on any atom is 0.319 e. The van der Waals surface area contributed by atoms with Gasteiger partial charge in [0.25, 0.3) is 5.91 Å². The predicted molar refractivity (Wildman–Crippen MR) is 94.9 cm³/mol. The van der Waals surface area contributed by atoms with Gasteiger partial charge in [0.05, 0.1) is 6.54 Å². The van der Waals surface area contributed by atoms with Crippen molar-refractivity contribution in [1.29, 1.82) is 0 Å². The molecule has 3 N–H and O–H groups in total. The minimum Gasteiger partial charge on any atom is -0.348 e. The molecular weight excluding hydrogens is 340 g/mol. The number of urea groups is 1. The Morgan fingerprint density at radius 1 is 1.20 bits per heavy atom. The predicted octanol–water partition coefficient (Wildman–Crippen LogP) is 2.56. The Balaban J connectivity index is 1.47. The number of ketones is 1. The Morgan fingerprint density at radius 2 is 1.92 bits per heavy atom. The molecule has 7 nitrogen and oxygen atoms in total. The fourth-order valence-corrected chi connectivity index (χ4v) is 2.82. The largest absolute Gasteiger partial charge is 0.348 e. The number of benzene rings is 1. The Bertz CT molecular complexity index is 796. The lowest BCUT2D eigenvalue weighted by molar-refractivity contribution is 0.0945. The summed E-state index contributed by atoms with van der Waals surface area (Å²) in [6, 6.07) is 6.55. The van der Waals surface area contributed by atoms with E-state index in [2.05, 4.69) is 20.9 Å². The quantitative estimate of drug-likeness (QED) is 0.691. The van der Waals surface area contributed by atoms with E-state index < -0.39 is 0 Å². The van der Waals surface area contributed by atoms with E-state index in [0.717, 1.165) is 12.8 Å². The highest BCUT2D eigenvalue weighted by Gasteiger charge is 2.24. The number of carbonyl (C=O) groups excluding carboxylic acids is 3. The number of hydrogen-bond donors (Lipinski definition) is 3. The second-order valence-corrected chi connectivity index (χ2v) is 6.76. The van der Waals surface area contributed by atoms with Gasteiger partial charge in [0.2, 0.25) is 0 Å². The Morgan fingerprint density at radius 3 is 2.56 bits per heavy atom. The summed E-state index contributed by atoms with van der Waals surface area (Å²) in [6.07, 6.45) is 2.05. The van der Waals surface area contributed by atoms with Crippen molar-refractivity contribution in [2.24, 2.45) is 0 Å². The molecule has 25 heavy (non-hydrogen) atoms. The summed E-state index contributed by atoms with van der Waals surface area (Å²) in [5.74, 6) is -0.193. The fraction of sp³-hybridized carbons (Fsp3) is 0.294. The van der Waals surface area contributed by atoms with Crippen LogP contribution in [-0.2, 0) is 6.54 Å². The summed E-state index contributed by atoms with van der Waals surface area (Å²) in [5, 5.41) is 10.6. The lowest BCUT2D eigenvalue weighted by Gasteiger charge is -2.06. The van der Waals surface area contributed by atoms with Crippen molar-refractivity contribution in [1.82, 2.24) is 15.6 Å². The molecule has 1 heterocycles. The Hall–Kier alpha value is -2.74. The number of aromatic nitrogens is 1. The molecule has 1 aliphatic carbocycles. The van der Waals surface area contributed by atoms with Crippen LogP contribution in [0.3, 0.4) is 0 Å². The molecule has 3 rings (SSSR count). The van der Waals surface area contributed by atoms with Crippen molar-refractivity contribution in [3.05, 3.63) is 45.9 Å². The van der Waals surface area contributed by atoms with Crippen LogP contribution >= 0.6 is 11.3 Å². The SMILES string of the molecule is CC(=O)c1ccc(NC(=O)NCc2nc(C(=O)NC3CC3)cs2)cc1. The molecule has 1 aliphatic rings. The van der Waals surface area contributed by atoms with E-state index >= 15 is 0 Å². The highest BCUT2D eigenvalue weighted by molar-refractivity contribution is 7.09. The van der Waals surface area contributed by atoms with Crippen LogP contribution in [0.5, 0.6) is 0 Å². The molecule has 1 aromatic heterocycles. The van der Waals surface area contributed by atoms with E-state index in [1.165, 1.54) is 18.3 Å². The summed E-state index contributed by atoms with van der Waals surface area (Å²) in [5.41, 5.74) is 1.56. The average molecular weight is 358 g/mol. The molecular formula is C17H18N4O3S. The smallest absolute Gasteiger partial charge is 0.319 e. The van der Waals surface area contributed by atoms with Gasteiger partial charge in [0.15, 0.2) is 5.78 Å². The highest BCUT2D eigenvalue weighted by atomic mass is 32.1. The van der Waals surface area contributed by atoms with Gasteiger partial charge >= 0.3 is 6.03 Å². The van der Waals surface area contributed by atoms with Gasteiger partial charge in [-0.15, -0.1) is 11.3 Å². The van der Waals surface area contributed by atoms with Crippen LogP contribution < -0.4 is 16.0 Å². The Kier molecular flexibility index (Phi) is 5.08. The third kappa shape index (κ3) is 4.87. The van der Waals surface area contributed by atoms with Crippen molar-refractivity contribution in [3.8, 4) is 0 Å². The monoisotopic (exact) mass is 358 g/mol. The molecule has 0 unspecified atom stereocenters. The van der Waals surface area contributed by atoms with Crippen molar-refractivity contribution < 1.29 is 14.4 Å². The first-order chi connectivity index (χ1) is 12.0. The third-order valence-electron chi connectivity index (χ3n) is 3.65. The normalized spacial score (nSPS) is 13.2. The van der Waals surface area contributed by atoms with E-state index in [1.54, 1.807) is 29.6 Å². The van der Waals surface area contributed by atoms with Crippen LogP contribution in [0.15, 0.2) is 29.6 Å². The van der Waals surface area contributed by atoms with Crippen LogP contribution in [0.2, 0.25) is 0 Å². The third-order valence-corrected chi connectivity index (χ3v) is 4.50. The molecule has 0 spiro atoms. The summed E-state index contributed by atoms with van der Waals surface area (Å²) < 4.78 is 0. The van der Waals surface area contributed by atoms with Gasteiger partial charge in [0, 0.05) is 22.7 Å². The second kappa shape index (κ2) is 7.43. The fourth-order valence-electron chi connectivity index (χ4n) is 2.10. The zero-order chi connectivity index (χ0) is 17.8. The van der Waals surface area contributed by atoms with E-state index in [1.807, 2.05) is 0 Å². The van der Waals surface area contributed by atoms with Gasteiger partial charge in [-0.1, -0.05) is 0 Å². The van der Waals surface area contributed by atoms with Gasteiger partial charge in [-0.05, 0) is 44.0 Å². The van der Waals surface area contributed by atoms with E-state index in [-0.39, 0.29) is 30.3 Å². The van der Waals surface area contributed by atoms with Crippen molar-refractivity contribution >= 4 is 34.7 Å². The van der Waals surface area contributed by atoms with Gasteiger partial charge in [-0.25, -0.2) is 9.78 Å². The number of hydrogen-bond acceptors (Lipinski definition) is 5. The molecule has 1 aromatic carbocycles. The molecule has 0 saturated heterocycles. The van der Waals surface area contributed by atoms with Crippen molar-refractivity contribution in [3.63, 3.8) is 0 Å². The molecule has 130 valence electrons. The number of thiazole rings is 1. The van der Waals surface area contributed by atoms with Crippen LogP contribution in [0.1, 0.15) is 45.6 Å². The van der Waals surface area contributed by atoms with Crippen molar-refractivity contribution in [2.75, 3.05) is 5.32 Å². The van der Waals surface area contributed by atoms with Crippen LogP contribution in [-0.4, -0.2) is 28.7 Å². The maximum absolute atomic E-state index is 11.9. The minimum absolute atomic E-state index is 0.0266. The number of nitrogens with zero attached hydrogens (tertiary/aromatic N) is 1. The lowest BCUT2D eigenvalue weighted by Crippen LogP contribution is -2.28.